The molecule has 2 aromatic rings. The SMILES string of the molecule is FC(F)Oc1ccc(/C=N\Nc2ccccn2)cc1. The molecule has 6 heteroatoms. The van der Waals surface area contributed by atoms with E-state index in [1.807, 2.05) is 6.07 Å². The van der Waals surface area contributed by atoms with Crippen LogP contribution in [0.5, 0.6) is 5.75 Å². The molecular formula is C13H11F2N3O. The van der Waals surface area contributed by atoms with Crippen LogP contribution in [0.2, 0.25) is 0 Å². The molecular weight excluding hydrogens is 252 g/mol. The lowest BCUT2D eigenvalue weighted by Crippen LogP contribution is -2.01. The fourth-order valence-electron chi connectivity index (χ4n) is 1.34. The first-order valence-electron chi connectivity index (χ1n) is 5.49. The zero-order valence-electron chi connectivity index (χ0n) is 9.83. The maximum atomic E-state index is 11.9. The van der Waals surface area contributed by atoms with E-state index >= 15 is 0 Å². The first-order chi connectivity index (χ1) is 9.24. The molecule has 1 aromatic carbocycles. The molecule has 0 radical (unpaired) electrons. The number of hydrogen-bond donors (Lipinski definition) is 1. The van der Waals surface area contributed by atoms with E-state index in [9.17, 15) is 8.78 Å². The van der Waals surface area contributed by atoms with Crippen molar-refractivity contribution in [1.29, 1.82) is 0 Å². The maximum absolute atomic E-state index is 11.9. The summed E-state index contributed by atoms with van der Waals surface area (Å²) < 4.78 is 28.1. The van der Waals surface area contributed by atoms with Crippen molar-refractivity contribution < 1.29 is 13.5 Å². The number of anilines is 1. The largest absolute Gasteiger partial charge is 0.435 e. The lowest BCUT2D eigenvalue weighted by Gasteiger charge is -2.03. The van der Waals surface area contributed by atoms with Crippen LogP contribution in [-0.2, 0) is 0 Å². The average molecular weight is 263 g/mol. The summed E-state index contributed by atoms with van der Waals surface area (Å²) in [7, 11) is 0. The van der Waals surface area contributed by atoms with Crippen LogP contribution in [-0.4, -0.2) is 17.8 Å². The smallest absolute Gasteiger partial charge is 0.387 e. The standard InChI is InChI=1S/C13H11F2N3O/c14-13(15)19-11-6-4-10(5-7-11)9-17-18-12-3-1-2-8-16-12/h1-9,13H,(H,16,18)/b17-9-. The van der Waals surface area contributed by atoms with Crippen LogP contribution < -0.4 is 10.2 Å². The average Bonchev–Trinajstić information content (AvgIpc) is 2.41. The lowest BCUT2D eigenvalue weighted by atomic mass is 10.2. The van der Waals surface area contributed by atoms with Gasteiger partial charge in [0, 0.05) is 6.20 Å². The van der Waals surface area contributed by atoms with E-state index in [1.54, 1.807) is 36.7 Å². The topological polar surface area (TPSA) is 46.5 Å². The van der Waals surface area contributed by atoms with E-state index in [0.29, 0.717) is 5.82 Å². The van der Waals surface area contributed by atoms with Crippen molar-refractivity contribution >= 4 is 12.0 Å². The first-order valence-corrected chi connectivity index (χ1v) is 5.49. The summed E-state index contributed by atoms with van der Waals surface area (Å²) in [5.74, 6) is 0.737. The molecule has 0 atom stereocenters. The molecule has 0 spiro atoms. The number of nitrogens with zero attached hydrogens (tertiary/aromatic N) is 2. The second-order valence-electron chi connectivity index (χ2n) is 3.53. The molecule has 0 amide bonds. The molecule has 0 aliphatic carbocycles. The van der Waals surface area contributed by atoms with Crippen molar-refractivity contribution in [3.05, 3.63) is 54.2 Å². The third kappa shape index (κ3) is 4.34. The van der Waals surface area contributed by atoms with Gasteiger partial charge in [-0.1, -0.05) is 6.07 Å². The minimum absolute atomic E-state index is 0.116. The van der Waals surface area contributed by atoms with Crippen molar-refractivity contribution in [2.45, 2.75) is 6.61 Å². The first kappa shape index (κ1) is 12.9. The summed E-state index contributed by atoms with van der Waals surface area (Å²) in [5, 5.41) is 3.98. The number of benzene rings is 1. The van der Waals surface area contributed by atoms with Gasteiger partial charge >= 0.3 is 6.61 Å². The number of pyridine rings is 1. The Morgan fingerprint density at radius 3 is 2.58 bits per heavy atom. The van der Waals surface area contributed by atoms with Crippen molar-refractivity contribution in [2.75, 3.05) is 5.43 Å². The second kappa shape index (κ2) is 6.44. The van der Waals surface area contributed by atoms with Crippen molar-refractivity contribution in [2.24, 2.45) is 5.10 Å². The van der Waals surface area contributed by atoms with E-state index in [-0.39, 0.29) is 5.75 Å². The predicted molar refractivity (Wildman–Crippen MR) is 68.5 cm³/mol. The van der Waals surface area contributed by atoms with Gasteiger partial charge in [0.25, 0.3) is 0 Å². The van der Waals surface area contributed by atoms with Crippen molar-refractivity contribution in [3.8, 4) is 5.75 Å². The number of ether oxygens (including phenoxy) is 1. The van der Waals surface area contributed by atoms with Gasteiger partial charge in [0.15, 0.2) is 0 Å². The Balaban J connectivity index is 1.92. The van der Waals surface area contributed by atoms with Crippen LogP contribution in [0.15, 0.2) is 53.8 Å². The molecule has 0 aliphatic rings. The molecule has 0 aliphatic heterocycles. The Bertz CT molecular complexity index is 529. The number of alkyl halides is 2. The predicted octanol–water partition coefficient (Wildman–Crippen LogP) is 3.13. The molecule has 0 saturated heterocycles. The summed E-state index contributed by atoms with van der Waals surface area (Å²) in [6.07, 6.45) is 3.20. The quantitative estimate of drug-likeness (QED) is 0.666. The molecule has 0 saturated carbocycles. The Morgan fingerprint density at radius 1 is 1.16 bits per heavy atom. The Labute approximate surface area is 108 Å². The van der Waals surface area contributed by atoms with E-state index < -0.39 is 6.61 Å². The summed E-state index contributed by atoms with van der Waals surface area (Å²) in [6.45, 7) is -2.81. The maximum Gasteiger partial charge on any atom is 0.387 e. The van der Waals surface area contributed by atoms with E-state index in [4.69, 9.17) is 0 Å². The van der Waals surface area contributed by atoms with Gasteiger partial charge in [-0.25, -0.2) is 4.98 Å². The van der Waals surface area contributed by atoms with Crippen LogP contribution in [0.25, 0.3) is 0 Å². The van der Waals surface area contributed by atoms with E-state index in [0.717, 1.165) is 5.56 Å². The van der Waals surface area contributed by atoms with Gasteiger partial charge in [0.2, 0.25) is 0 Å². The highest BCUT2D eigenvalue weighted by atomic mass is 19.3. The zero-order valence-corrected chi connectivity index (χ0v) is 9.83. The van der Waals surface area contributed by atoms with Gasteiger partial charge in [0.05, 0.1) is 6.21 Å². The van der Waals surface area contributed by atoms with E-state index in [2.05, 4.69) is 20.2 Å². The minimum atomic E-state index is -2.81. The zero-order chi connectivity index (χ0) is 13.5. The highest BCUT2D eigenvalue weighted by Crippen LogP contribution is 2.14. The fraction of sp³-hybridized carbons (Fsp3) is 0.0769. The third-order valence-electron chi connectivity index (χ3n) is 2.16. The second-order valence-corrected chi connectivity index (χ2v) is 3.53. The number of rotatable bonds is 5. The van der Waals surface area contributed by atoms with Crippen LogP contribution in [0.1, 0.15) is 5.56 Å². The highest BCUT2D eigenvalue weighted by molar-refractivity contribution is 5.80. The molecule has 0 bridgehead atoms. The van der Waals surface area contributed by atoms with Crippen LogP contribution in [0.3, 0.4) is 0 Å². The summed E-state index contributed by atoms with van der Waals surface area (Å²) in [6, 6.07) is 11.6. The van der Waals surface area contributed by atoms with Crippen LogP contribution in [0, 0.1) is 0 Å². The highest BCUT2D eigenvalue weighted by Gasteiger charge is 2.02. The van der Waals surface area contributed by atoms with Gasteiger partial charge in [0.1, 0.15) is 11.6 Å². The fourth-order valence-corrected chi connectivity index (χ4v) is 1.34. The summed E-state index contributed by atoms with van der Waals surface area (Å²) >= 11 is 0. The van der Waals surface area contributed by atoms with Gasteiger partial charge in [-0.2, -0.15) is 13.9 Å². The number of aromatic nitrogens is 1. The number of hydrazone groups is 1. The normalized spacial score (nSPS) is 10.9. The third-order valence-corrected chi connectivity index (χ3v) is 2.16. The lowest BCUT2D eigenvalue weighted by molar-refractivity contribution is -0.0498. The molecule has 1 aromatic heterocycles. The molecule has 2 rings (SSSR count). The molecule has 4 nitrogen and oxygen atoms in total. The number of halogens is 2. The molecule has 0 unspecified atom stereocenters. The Hall–Kier alpha value is -2.50. The monoisotopic (exact) mass is 263 g/mol. The summed E-state index contributed by atoms with van der Waals surface area (Å²) in [4.78, 5) is 4.03. The van der Waals surface area contributed by atoms with Crippen molar-refractivity contribution in [3.63, 3.8) is 0 Å². The molecule has 0 fully saturated rings. The molecule has 1 N–H and O–H groups in total. The number of nitrogens with one attached hydrogen (secondary N) is 1. The summed E-state index contributed by atoms with van der Waals surface area (Å²) in [5.41, 5.74) is 3.50. The minimum Gasteiger partial charge on any atom is -0.435 e. The van der Waals surface area contributed by atoms with Crippen molar-refractivity contribution in [1.82, 2.24) is 4.98 Å². The van der Waals surface area contributed by atoms with Gasteiger partial charge < -0.3 is 4.74 Å². The van der Waals surface area contributed by atoms with E-state index in [1.165, 1.54) is 12.1 Å². The van der Waals surface area contributed by atoms with Crippen LogP contribution in [0.4, 0.5) is 14.6 Å². The molecule has 98 valence electrons. The van der Waals surface area contributed by atoms with Gasteiger partial charge in [-0.15, -0.1) is 0 Å². The van der Waals surface area contributed by atoms with Crippen LogP contribution >= 0.6 is 0 Å². The molecule has 19 heavy (non-hydrogen) atoms. The Morgan fingerprint density at radius 2 is 1.95 bits per heavy atom. The Kier molecular flexibility index (Phi) is 4.39. The molecule has 1 heterocycles. The number of hydrogen-bond acceptors (Lipinski definition) is 4. The van der Waals surface area contributed by atoms with Gasteiger partial charge in [-0.3, -0.25) is 5.43 Å². The van der Waals surface area contributed by atoms with Gasteiger partial charge in [-0.05, 0) is 42.0 Å².